The number of ether oxygens (including phenoxy) is 1. The Labute approximate surface area is 143 Å². The second kappa shape index (κ2) is 7.57. The number of nitrogens with zero attached hydrogens (tertiary/aromatic N) is 2. The molecule has 1 aromatic carbocycles. The third-order valence-electron chi connectivity index (χ3n) is 3.70. The van der Waals surface area contributed by atoms with Crippen LogP contribution in [0.5, 0.6) is 0 Å². The summed E-state index contributed by atoms with van der Waals surface area (Å²) in [7, 11) is 0. The monoisotopic (exact) mass is 375 g/mol. The highest BCUT2D eigenvalue weighted by molar-refractivity contribution is 9.10. The lowest BCUT2D eigenvalue weighted by Crippen LogP contribution is -2.36. The average molecular weight is 376 g/mol. The summed E-state index contributed by atoms with van der Waals surface area (Å²) in [4.78, 5) is 18.8. The molecule has 1 aromatic heterocycles. The molecule has 2 heterocycles. The van der Waals surface area contributed by atoms with Crippen LogP contribution in [0.15, 0.2) is 47.1 Å². The summed E-state index contributed by atoms with van der Waals surface area (Å²) in [6.45, 7) is 3.68. The molecule has 120 valence electrons. The average Bonchev–Trinajstić information content (AvgIpc) is 2.61. The van der Waals surface area contributed by atoms with Gasteiger partial charge >= 0.3 is 0 Å². The summed E-state index contributed by atoms with van der Waals surface area (Å²) in [5.74, 6) is 0.867. The molecular weight excluding hydrogens is 358 g/mol. The van der Waals surface area contributed by atoms with Crippen molar-refractivity contribution in [3.8, 4) is 0 Å². The first-order valence-electron chi connectivity index (χ1n) is 7.54. The highest BCUT2D eigenvalue weighted by Gasteiger charge is 2.12. The number of hydrogen-bond acceptors (Lipinski definition) is 4. The maximum atomic E-state index is 12.1. The number of benzene rings is 1. The maximum Gasteiger partial charge on any atom is 0.251 e. The van der Waals surface area contributed by atoms with E-state index in [0.717, 1.165) is 42.2 Å². The number of rotatable bonds is 4. The van der Waals surface area contributed by atoms with Gasteiger partial charge in [0.2, 0.25) is 0 Å². The highest BCUT2D eigenvalue weighted by Crippen LogP contribution is 2.13. The predicted octanol–water partition coefficient (Wildman–Crippen LogP) is 2.61. The van der Waals surface area contributed by atoms with E-state index in [1.807, 2.05) is 30.5 Å². The Morgan fingerprint density at radius 3 is 2.57 bits per heavy atom. The van der Waals surface area contributed by atoms with Crippen LogP contribution in [-0.4, -0.2) is 37.2 Å². The molecule has 0 radical (unpaired) electrons. The Bertz CT molecular complexity index is 653. The van der Waals surface area contributed by atoms with Crippen LogP contribution in [-0.2, 0) is 11.3 Å². The molecule has 1 fully saturated rings. The minimum absolute atomic E-state index is 0.0882. The summed E-state index contributed by atoms with van der Waals surface area (Å²) in [6, 6.07) is 11.3. The molecule has 23 heavy (non-hydrogen) atoms. The Morgan fingerprint density at radius 1 is 1.17 bits per heavy atom. The largest absolute Gasteiger partial charge is 0.378 e. The number of carbonyl (C=O) groups is 1. The van der Waals surface area contributed by atoms with Crippen LogP contribution in [0.25, 0.3) is 0 Å². The van der Waals surface area contributed by atoms with Gasteiger partial charge in [0.05, 0.1) is 13.2 Å². The number of carbonyl (C=O) groups excluding carboxylic acids is 1. The number of morpholine rings is 1. The summed E-state index contributed by atoms with van der Waals surface area (Å²) in [5.41, 5.74) is 1.62. The van der Waals surface area contributed by atoms with Gasteiger partial charge in [-0.05, 0) is 35.9 Å². The zero-order valence-corrected chi connectivity index (χ0v) is 14.3. The molecule has 1 saturated heterocycles. The Kier molecular flexibility index (Phi) is 5.25. The number of pyridine rings is 1. The van der Waals surface area contributed by atoms with Crippen LogP contribution >= 0.6 is 15.9 Å². The zero-order chi connectivity index (χ0) is 16.1. The first kappa shape index (κ1) is 16.0. The molecule has 1 amide bonds. The van der Waals surface area contributed by atoms with Gasteiger partial charge in [-0.15, -0.1) is 0 Å². The number of hydrogen-bond donors (Lipinski definition) is 1. The molecule has 1 aliphatic heterocycles. The Balaban J connectivity index is 1.55. The molecular formula is C17H18BrN3O2. The number of anilines is 1. The van der Waals surface area contributed by atoms with Crippen molar-refractivity contribution in [1.29, 1.82) is 0 Å². The van der Waals surface area contributed by atoms with Crippen molar-refractivity contribution >= 4 is 27.7 Å². The normalized spacial score (nSPS) is 14.6. The van der Waals surface area contributed by atoms with Crippen LogP contribution < -0.4 is 10.2 Å². The van der Waals surface area contributed by atoms with E-state index < -0.39 is 0 Å². The fourth-order valence-electron chi connectivity index (χ4n) is 2.39. The van der Waals surface area contributed by atoms with Crippen LogP contribution in [0.1, 0.15) is 15.9 Å². The number of halogens is 1. The molecule has 0 bridgehead atoms. The standard InChI is InChI=1S/C17H18BrN3O2/c18-15-4-2-14(3-5-15)17(22)20-12-13-1-6-16(19-11-13)21-7-9-23-10-8-21/h1-6,11H,7-10,12H2,(H,20,22). The van der Waals surface area contributed by atoms with E-state index in [2.05, 4.69) is 31.1 Å². The summed E-state index contributed by atoms with van der Waals surface area (Å²) in [6.07, 6.45) is 1.81. The van der Waals surface area contributed by atoms with Crippen LogP contribution in [0.4, 0.5) is 5.82 Å². The van der Waals surface area contributed by atoms with Crippen molar-refractivity contribution in [1.82, 2.24) is 10.3 Å². The molecule has 0 atom stereocenters. The first-order valence-corrected chi connectivity index (χ1v) is 8.33. The second-order valence-electron chi connectivity index (χ2n) is 5.31. The lowest BCUT2D eigenvalue weighted by atomic mass is 10.2. The topological polar surface area (TPSA) is 54.5 Å². The lowest BCUT2D eigenvalue weighted by molar-refractivity contribution is 0.0951. The predicted molar refractivity (Wildman–Crippen MR) is 92.6 cm³/mol. The summed E-state index contributed by atoms with van der Waals surface area (Å²) < 4.78 is 6.29. The third-order valence-corrected chi connectivity index (χ3v) is 4.23. The molecule has 3 rings (SSSR count). The van der Waals surface area contributed by atoms with Crippen LogP contribution in [0.2, 0.25) is 0 Å². The molecule has 0 unspecified atom stereocenters. The lowest BCUT2D eigenvalue weighted by Gasteiger charge is -2.27. The van der Waals surface area contributed by atoms with E-state index >= 15 is 0 Å². The smallest absolute Gasteiger partial charge is 0.251 e. The molecule has 0 aliphatic carbocycles. The van der Waals surface area contributed by atoms with Crippen molar-refractivity contribution in [2.75, 3.05) is 31.2 Å². The highest BCUT2D eigenvalue weighted by atomic mass is 79.9. The Hall–Kier alpha value is -1.92. The van der Waals surface area contributed by atoms with Gasteiger partial charge in [0.15, 0.2) is 0 Å². The molecule has 0 spiro atoms. The fraction of sp³-hybridized carbons (Fsp3) is 0.294. The third kappa shape index (κ3) is 4.30. The zero-order valence-electron chi connectivity index (χ0n) is 12.7. The van der Waals surface area contributed by atoms with E-state index in [1.54, 1.807) is 12.1 Å². The summed E-state index contributed by atoms with van der Waals surface area (Å²) >= 11 is 3.36. The van der Waals surface area contributed by atoms with E-state index in [-0.39, 0.29) is 5.91 Å². The molecule has 1 aliphatic rings. The molecule has 1 N–H and O–H groups in total. The van der Waals surface area contributed by atoms with Gasteiger partial charge in [-0.1, -0.05) is 22.0 Å². The van der Waals surface area contributed by atoms with Gasteiger partial charge in [0.25, 0.3) is 5.91 Å². The molecule has 5 nitrogen and oxygen atoms in total. The van der Waals surface area contributed by atoms with Gasteiger partial charge in [-0.25, -0.2) is 4.98 Å². The van der Waals surface area contributed by atoms with Gasteiger partial charge in [-0.3, -0.25) is 4.79 Å². The van der Waals surface area contributed by atoms with Crippen molar-refractivity contribution in [2.24, 2.45) is 0 Å². The number of aromatic nitrogens is 1. The quantitative estimate of drug-likeness (QED) is 0.892. The van der Waals surface area contributed by atoms with E-state index in [1.165, 1.54) is 0 Å². The molecule has 0 saturated carbocycles. The maximum absolute atomic E-state index is 12.1. The molecule has 6 heteroatoms. The number of amides is 1. The van der Waals surface area contributed by atoms with Crippen molar-refractivity contribution in [3.05, 3.63) is 58.2 Å². The first-order chi connectivity index (χ1) is 11.2. The van der Waals surface area contributed by atoms with Gasteiger partial charge in [0.1, 0.15) is 5.82 Å². The van der Waals surface area contributed by atoms with Gasteiger partial charge in [-0.2, -0.15) is 0 Å². The minimum Gasteiger partial charge on any atom is -0.378 e. The summed E-state index contributed by atoms with van der Waals surface area (Å²) in [5, 5.41) is 2.91. The van der Waals surface area contributed by atoms with E-state index in [4.69, 9.17) is 4.74 Å². The SMILES string of the molecule is O=C(NCc1ccc(N2CCOCC2)nc1)c1ccc(Br)cc1. The van der Waals surface area contributed by atoms with Crippen molar-refractivity contribution < 1.29 is 9.53 Å². The molecule has 2 aromatic rings. The van der Waals surface area contributed by atoms with Gasteiger partial charge in [0, 0.05) is 35.9 Å². The van der Waals surface area contributed by atoms with E-state index in [0.29, 0.717) is 12.1 Å². The Morgan fingerprint density at radius 2 is 1.91 bits per heavy atom. The van der Waals surface area contributed by atoms with Gasteiger partial charge < -0.3 is 15.0 Å². The number of nitrogens with one attached hydrogen (secondary N) is 1. The van der Waals surface area contributed by atoms with Crippen molar-refractivity contribution in [3.63, 3.8) is 0 Å². The van der Waals surface area contributed by atoms with Crippen molar-refractivity contribution in [2.45, 2.75) is 6.54 Å². The van der Waals surface area contributed by atoms with E-state index in [9.17, 15) is 4.79 Å². The van der Waals surface area contributed by atoms with Crippen LogP contribution in [0.3, 0.4) is 0 Å². The second-order valence-corrected chi connectivity index (χ2v) is 6.23. The van der Waals surface area contributed by atoms with Crippen LogP contribution in [0, 0.1) is 0 Å². The fourth-order valence-corrected chi connectivity index (χ4v) is 2.65. The minimum atomic E-state index is -0.0882.